The Balaban J connectivity index is 1.77. The molecule has 1 atom stereocenters. The summed E-state index contributed by atoms with van der Waals surface area (Å²) in [5.41, 5.74) is 4.58. The third-order valence-electron chi connectivity index (χ3n) is 5.94. The maximum Gasteiger partial charge on any atom is 0.322 e. The van der Waals surface area contributed by atoms with E-state index in [4.69, 9.17) is 14.2 Å². The summed E-state index contributed by atoms with van der Waals surface area (Å²) in [6.07, 6.45) is 0.893. The average molecular weight is 447 g/mol. The van der Waals surface area contributed by atoms with Crippen LogP contribution in [-0.2, 0) is 0 Å². The van der Waals surface area contributed by atoms with Crippen molar-refractivity contribution in [2.75, 3.05) is 13.7 Å². The molecule has 0 radical (unpaired) electrons. The second-order valence-corrected chi connectivity index (χ2v) is 8.78. The molecule has 0 bridgehead atoms. The van der Waals surface area contributed by atoms with Crippen molar-refractivity contribution >= 4 is 11.6 Å². The monoisotopic (exact) mass is 446 g/mol. The zero-order chi connectivity index (χ0) is 23.5. The Bertz CT molecular complexity index is 1150. The minimum absolute atomic E-state index is 0.129. The molecule has 2 aromatic carbocycles. The number of hydrogen-bond donors (Lipinski definition) is 1. The predicted octanol–water partition coefficient (Wildman–Crippen LogP) is 5.60. The van der Waals surface area contributed by atoms with Crippen LogP contribution in [0.1, 0.15) is 50.3 Å². The Morgan fingerprint density at radius 2 is 1.79 bits per heavy atom. The van der Waals surface area contributed by atoms with Gasteiger partial charge in [0.1, 0.15) is 5.75 Å². The molecule has 2 amide bonds. The lowest BCUT2D eigenvalue weighted by Gasteiger charge is -2.35. The average Bonchev–Trinajstić information content (AvgIpc) is 3.28. The normalized spacial score (nSPS) is 16.4. The molecule has 1 unspecified atom stereocenters. The second-order valence-electron chi connectivity index (χ2n) is 8.78. The first-order valence-electron chi connectivity index (χ1n) is 11.2. The van der Waals surface area contributed by atoms with E-state index in [2.05, 4.69) is 24.3 Å². The van der Waals surface area contributed by atoms with E-state index in [1.165, 1.54) is 0 Å². The van der Waals surface area contributed by atoms with Crippen LogP contribution in [0.25, 0.3) is 17.0 Å². The number of nitrogens with one attached hydrogen (secondary N) is 1. The van der Waals surface area contributed by atoms with Crippen molar-refractivity contribution in [1.29, 1.82) is 0 Å². The summed E-state index contributed by atoms with van der Waals surface area (Å²) < 4.78 is 11.0. The van der Waals surface area contributed by atoms with Crippen LogP contribution in [0.3, 0.4) is 0 Å². The Hall–Kier alpha value is -3.61. The SMILES string of the molecule is COc1ccc(C2NC(=O)N(CCC(C)C)C(C)=C2c2nc(-c3ccc(C)cc3)no2)cc1. The summed E-state index contributed by atoms with van der Waals surface area (Å²) in [6.45, 7) is 8.89. The molecule has 0 fully saturated rings. The molecule has 4 rings (SSSR count). The van der Waals surface area contributed by atoms with Gasteiger partial charge in [0, 0.05) is 17.8 Å². The number of aryl methyl sites for hydroxylation is 1. The lowest BCUT2D eigenvalue weighted by atomic mass is 9.94. The van der Waals surface area contributed by atoms with E-state index in [1.54, 1.807) is 12.0 Å². The molecular formula is C26H30N4O3. The smallest absolute Gasteiger partial charge is 0.322 e. The maximum absolute atomic E-state index is 13.0. The van der Waals surface area contributed by atoms with Gasteiger partial charge in [-0.3, -0.25) is 4.90 Å². The van der Waals surface area contributed by atoms with Crippen molar-refractivity contribution in [2.24, 2.45) is 5.92 Å². The standard InChI is InChI=1S/C26H30N4O3/c1-16(2)14-15-30-18(4)22(23(27-26(30)31)19-10-12-21(32-5)13-11-19)25-28-24(29-33-25)20-8-6-17(3)7-9-20/h6-13,16,23H,14-15H2,1-5H3,(H,27,31). The number of amides is 2. The molecule has 33 heavy (non-hydrogen) atoms. The summed E-state index contributed by atoms with van der Waals surface area (Å²) in [5, 5.41) is 7.37. The molecule has 7 heteroatoms. The summed E-state index contributed by atoms with van der Waals surface area (Å²) >= 11 is 0. The Morgan fingerprint density at radius 3 is 2.42 bits per heavy atom. The summed E-state index contributed by atoms with van der Waals surface area (Å²) in [4.78, 5) is 19.5. The molecule has 172 valence electrons. The van der Waals surface area contributed by atoms with Gasteiger partial charge in [0.05, 0.1) is 18.7 Å². The molecule has 1 aliphatic heterocycles. The van der Waals surface area contributed by atoms with Crippen molar-refractivity contribution in [3.8, 4) is 17.1 Å². The van der Waals surface area contributed by atoms with Gasteiger partial charge in [-0.25, -0.2) is 4.79 Å². The number of nitrogens with zero attached hydrogens (tertiary/aromatic N) is 3. The second kappa shape index (κ2) is 9.48. The molecule has 0 saturated heterocycles. The molecule has 0 saturated carbocycles. The van der Waals surface area contributed by atoms with E-state index >= 15 is 0 Å². The van der Waals surface area contributed by atoms with Crippen LogP contribution >= 0.6 is 0 Å². The van der Waals surface area contributed by atoms with E-state index in [1.807, 2.05) is 62.4 Å². The molecule has 3 aromatic rings. The van der Waals surface area contributed by atoms with Gasteiger partial charge in [0.2, 0.25) is 5.82 Å². The van der Waals surface area contributed by atoms with Crippen molar-refractivity contribution in [3.05, 3.63) is 71.2 Å². The first-order valence-corrected chi connectivity index (χ1v) is 11.2. The highest BCUT2D eigenvalue weighted by atomic mass is 16.5. The van der Waals surface area contributed by atoms with Gasteiger partial charge in [-0.15, -0.1) is 0 Å². The molecular weight excluding hydrogens is 416 g/mol. The van der Waals surface area contributed by atoms with Gasteiger partial charge in [0.15, 0.2) is 0 Å². The van der Waals surface area contributed by atoms with Crippen LogP contribution < -0.4 is 10.1 Å². The Labute approximate surface area is 194 Å². The molecule has 0 spiro atoms. The topological polar surface area (TPSA) is 80.5 Å². The molecule has 1 aliphatic rings. The minimum Gasteiger partial charge on any atom is -0.497 e. The maximum atomic E-state index is 13.0. The molecule has 1 N–H and O–H groups in total. The molecule has 1 aromatic heterocycles. The van der Waals surface area contributed by atoms with Gasteiger partial charge in [-0.05, 0) is 43.9 Å². The largest absolute Gasteiger partial charge is 0.497 e. The summed E-state index contributed by atoms with van der Waals surface area (Å²) in [6, 6.07) is 15.1. The number of allylic oxidation sites excluding steroid dienone is 1. The number of carbonyl (C=O) groups excluding carboxylic acids is 1. The minimum atomic E-state index is -0.412. The van der Waals surface area contributed by atoms with Crippen molar-refractivity contribution in [2.45, 2.75) is 40.2 Å². The number of hydrogen-bond acceptors (Lipinski definition) is 5. The fourth-order valence-electron chi connectivity index (χ4n) is 3.91. The van der Waals surface area contributed by atoms with Gasteiger partial charge >= 0.3 is 6.03 Å². The van der Waals surface area contributed by atoms with Crippen LogP contribution in [-0.4, -0.2) is 34.7 Å². The van der Waals surface area contributed by atoms with Gasteiger partial charge in [-0.1, -0.05) is 61.0 Å². The van der Waals surface area contributed by atoms with Crippen LogP contribution in [0.2, 0.25) is 0 Å². The van der Waals surface area contributed by atoms with Crippen LogP contribution in [0, 0.1) is 12.8 Å². The van der Waals surface area contributed by atoms with Crippen molar-refractivity contribution in [1.82, 2.24) is 20.4 Å². The number of ether oxygens (including phenoxy) is 1. The van der Waals surface area contributed by atoms with E-state index in [0.29, 0.717) is 24.2 Å². The van der Waals surface area contributed by atoms with Crippen LogP contribution in [0.4, 0.5) is 4.79 Å². The van der Waals surface area contributed by atoms with Gasteiger partial charge in [-0.2, -0.15) is 4.98 Å². The lowest BCUT2D eigenvalue weighted by Crippen LogP contribution is -2.46. The first kappa shape index (κ1) is 22.6. The third-order valence-corrected chi connectivity index (χ3v) is 5.94. The Morgan fingerprint density at radius 1 is 1.09 bits per heavy atom. The Kier molecular flexibility index (Phi) is 6.49. The zero-order valence-corrected chi connectivity index (χ0v) is 19.8. The highest BCUT2D eigenvalue weighted by Gasteiger charge is 2.35. The van der Waals surface area contributed by atoms with E-state index in [-0.39, 0.29) is 6.03 Å². The number of methoxy groups -OCH3 is 1. The summed E-state index contributed by atoms with van der Waals surface area (Å²) in [7, 11) is 1.63. The predicted molar refractivity (Wildman–Crippen MR) is 127 cm³/mol. The molecule has 7 nitrogen and oxygen atoms in total. The summed E-state index contributed by atoms with van der Waals surface area (Å²) in [5.74, 6) is 2.15. The highest BCUT2D eigenvalue weighted by Crippen LogP contribution is 2.38. The number of carbonyl (C=O) groups is 1. The number of aromatic nitrogens is 2. The lowest BCUT2D eigenvalue weighted by molar-refractivity contribution is 0.202. The number of rotatable bonds is 7. The van der Waals surface area contributed by atoms with Crippen molar-refractivity contribution in [3.63, 3.8) is 0 Å². The van der Waals surface area contributed by atoms with Crippen molar-refractivity contribution < 1.29 is 14.1 Å². The van der Waals surface area contributed by atoms with Crippen LogP contribution in [0.15, 0.2) is 58.8 Å². The number of benzene rings is 2. The highest BCUT2D eigenvalue weighted by molar-refractivity contribution is 5.86. The quantitative estimate of drug-likeness (QED) is 0.511. The van der Waals surface area contributed by atoms with E-state index < -0.39 is 6.04 Å². The molecule has 2 heterocycles. The van der Waals surface area contributed by atoms with E-state index in [0.717, 1.165) is 40.1 Å². The fourth-order valence-corrected chi connectivity index (χ4v) is 3.91. The zero-order valence-electron chi connectivity index (χ0n) is 19.8. The molecule has 0 aliphatic carbocycles. The van der Waals surface area contributed by atoms with Gasteiger partial charge < -0.3 is 14.6 Å². The van der Waals surface area contributed by atoms with E-state index in [9.17, 15) is 4.79 Å². The van der Waals surface area contributed by atoms with Gasteiger partial charge in [0.25, 0.3) is 5.89 Å². The van der Waals surface area contributed by atoms with Crippen LogP contribution in [0.5, 0.6) is 5.75 Å². The fraction of sp³-hybridized carbons (Fsp3) is 0.346. The first-order chi connectivity index (χ1) is 15.9. The number of urea groups is 1. The third kappa shape index (κ3) is 4.77.